The molecule has 0 aliphatic carbocycles. The molecule has 0 radical (unpaired) electrons. The molecule has 8 aromatic rings. The molecule has 13 heteroatoms. The number of hydrogen-bond donors (Lipinski definition) is 4. The summed E-state index contributed by atoms with van der Waals surface area (Å²) in [5.41, 5.74) is 16.0. The van der Waals surface area contributed by atoms with Gasteiger partial charge in [0, 0.05) is 74.2 Å². The number of nitrogens with zero attached hydrogens (tertiary/aromatic N) is 8. The first kappa shape index (κ1) is 47.8. The second-order valence-corrected chi connectivity index (χ2v) is 20.4. The fourth-order valence-corrected chi connectivity index (χ4v) is 7.17. The molecule has 8 rings (SSSR count). The van der Waals surface area contributed by atoms with Gasteiger partial charge in [0.1, 0.15) is 5.65 Å². The number of aryl methyl sites for hydroxylation is 4. The first-order chi connectivity index (χ1) is 29.1. The number of nitrogen functional groups attached to an aromatic ring is 1. The lowest BCUT2D eigenvalue weighted by atomic mass is 9.86. The maximum absolute atomic E-state index is 12.3. The van der Waals surface area contributed by atoms with Crippen LogP contribution in [0.1, 0.15) is 111 Å². The van der Waals surface area contributed by atoms with Gasteiger partial charge in [0.05, 0.1) is 16.6 Å². The van der Waals surface area contributed by atoms with Crippen molar-refractivity contribution in [2.45, 2.75) is 112 Å². The fraction of sp³-hybridized carbons (Fsp3) is 0.440. The lowest BCUT2D eigenvalue weighted by Crippen LogP contribution is -2.29. The van der Waals surface area contributed by atoms with Crippen molar-refractivity contribution in [3.05, 3.63) is 105 Å². The number of nitrogens with one attached hydrogen (secondary N) is 3. The average Bonchev–Trinajstić information content (AvgIpc) is 3.85. The smallest absolute Gasteiger partial charge is 0.255 e. The highest BCUT2D eigenvalue weighted by Crippen LogP contribution is 2.31. The fourth-order valence-electron chi connectivity index (χ4n) is 7.17. The minimum atomic E-state index is -0.190. The Kier molecular flexibility index (Phi) is 13.6. The summed E-state index contributed by atoms with van der Waals surface area (Å²) in [6, 6.07) is 21.3. The summed E-state index contributed by atoms with van der Waals surface area (Å²) >= 11 is 0. The second kappa shape index (κ2) is 17.9. The third kappa shape index (κ3) is 10.7. The van der Waals surface area contributed by atoms with Gasteiger partial charge in [0.2, 0.25) is 5.95 Å². The van der Waals surface area contributed by atoms with Crippen LogP contribution in [-0.2, 0) is 42.8 Å². The van der Waals surface area contributed by atoms with E-state index < -0.39 is 0 Å². The number of rotatable bonds is 2. The Labute approximate surface area is 372 Å². The number of fused-ring (bicyclic) bond motifs is 4. The van der Waals surface area contributed by atoms with Crippen molar-refractivity contribution in [2.75, 3.05) is 30.5 Å². The third-order valence-corrected chi connectivity index (χ3v) is 11.3. The molecule has 0 unspecified atom stereocenters. The van der Waals surface area contributed by atoms with Gasteiger partial charge in [-0.05, 0) is 87.7 Å². The molecule has 0 spiro atoms. The van der Waals surface area contributed by atoms with E-state index in [2.05, 4.69) is 165 Å². The molecule has 5 aromatic heterocycles. The topological polar surface area (TPSA) is 162 Å². The molecule has 0 bridgehead atoms. The summed E-state index contributed by atoms with van der Waals surface area (Å²) in [5.74, 6) is 2.06. The van der Waals surface area contributed by atoms with Crippen molar-refractivity contribution >= 4 is 61.3 Å². The zero-order valence-electron chi connectivity index (χ0n) is 40.9. The largest absolute Gasteiger partial charge is 0.382 e. The van der Waals surface area contributed by atoms with Gasteiger partial charge in [-0.2, -0.15) is 20.3 Å². The molecule has 3 aromatic carbocycles. The zero-order chi connectivity index (χ0) is 47.0. The zero-order valence-corrected chi connectivity index (χ0v) is 40.9. The Morgan fingerprint density at radius 3 is 1.70 bits per heavy atom. The number of benzene rings is 3. The van der Waals surface area contributed by atoms with E-state index in [1.54, 1.807) is 24.9 Å². The van der Waals surface area contributed by atoms with Crippen LogP contribution in [0.5, 0.6) is 0 Å². The van der Waals surface area contributed by atoms with Gasteiger partial charge in [-0.1, -0.05) is 101 Å². The number of H-pyrrole nitrogens is 1. The summed E-state index contributed by atoms with van der Waals surface area (Å²) in [6.45, 7) is 28.1. The number of hydrogen-bond acceptors (Lipinski definition) is 9. The summed E-state index contributed by atoms with van der Waals surface area (Å²) in [7, 11) is 9.30. The first-order valence-corrected chi connectivity index (χ1v) is 21.5. The van der Waals surface area contributed by atoms with Gasteiger partial charge < -0.3 is 16.4 Å². The highest BCUT2D eigenvalue weighted by molar-refractivity contribution is 5.91. The van der Waals surface area contributed by atoms with E-state index in [1.807, 2.05) is 57.3 Å². The van der Waals surface area contributed by atoms with Crippen molar-refractivity contribution < 1.29 is 0 Å². The van der Waals surface area contributed by atoms with Crippen LogP contribution < -0.4 is 21.9 Å². The first-order valence-electron chi connectivity index (χ1n) is 21.5. The number of aromatic nitrogens is 9. The van der Waals surface area contributed by atoms with Crippen LogP contribution in [0.2, 0.25) is 0 Å². The average molecular weight is 855 g/mol. The van der Waals surface area contributed by atoms with Gasteiger partial charge in [-0.15, -0.1) is 0 Å². The van der Waals surface area contributed by atoms with Crippen LogP contribution in [0.25, 0.3) is 43.7 Å². The summed E-state index contributed by atoms with van der Waals surface area (Å²) in [5, 5.41) is 26.2. The van der Waals surface area contributed by atoms with Gasteiger partial charge in [0.15, 0.2) is 11.6 Å². The predicted molar refractivity (Wildman–Crippen MR) is 265 cm³/mol. The molecule has 0 amide bonds. The molecule has 336 valence electrons. The molecule has 5 heterocycles. The van der Waals surface area contributed by atoms with Crippen LogP contribution in [0.15, 0.2) is 71.7 Å². The number of anilines is 3. The van der Waals surface area contributed by atoms with Gasteiger partial charge in [-0.25, -0.2) is 4.98 Å². The molecule has 0 saturated heterocycles. The Morgan fingerprint density at radius 2 is 1.16 bits per heavy atom. The van der Waals surface area contributed by atoms with Crippen LogP contribution in [0.4, 0.5) is 17.6 Å². The Hall–Kier alpha value is -6.24. The Bertz CT molecular complexity index is 2940. The van der Waals surface area contributed by atoms with Crippen molar-refractivity contribution in [1.29, 1.82) is 0 Å². The van der Waals surface area contributed by atoms with E-state index >= 15 is 0 Å². The van der Waals surface area contributed by atoms with E-state index in [-0.39, 0.29) is 27.2 Å². The highest BCUT2D eigenvalue weighted by Gasteiger charge is 2.21. The lowest BCUT2D eigenvalue weighted by Gasteiger charge is -2.19. The van der Waals surface area contributed by atoms with Gasteiger partial charge >= 0.3 is 0 Å². The molecule has 5 N–H and O–H groups in total. The van der Waals surface area contributed by atoms with Crippen molar-refractivity contribution in [3.63, 3.8) is 0 Å². The number of nitrogens with two attached hydrogens (primary N) is 1. The Balaban J connectivity index is 0.000000159. The highest BCUT2D eigenvalue weighted by atomic mass is 16.1. The van der Waals surface area contributed by atoms with Gasteiger partial charge in [-0.3, -0.25) is 23.8 Å². The molecule has 0 atom stereocenters. The Morgan fingerprint density at radius 1 is 0.635 bits per heavy atom. The summed E-state index contributed by atoms with van der Waals surface area (Å²) in [4.78, 5) is 20.8. The molecule has 63 heavy (non-hydrogen) atoms. The minimum absolute atomic E-state index is 0.00393. The minimum Gasteiger partial charge on any atom is -0.382 e. The lowest BCUT2D eigenvalue weighted by molar-refractivity contribution is 0.576. The van der Waals surface area contributed by atoms with Gasteiger partial charge in [0.25, 0.3) is 5.56 Å². The maximum Gasteiger partial charge on any atom is 0.255 e. The molecular formula is C50H70N12O. The predicted octanol–water partition coefficient (Wildman–Crippen LogP) is 10.2. The monoisotopic (exact) mass is 855 g/mol. The molecule has 0 fully saturated rings. The molecule has 13 nitrogen and oxygen atoms in total. The quantitative estimate of drug-likeness (QED) is 0.133. The van der Waals surface area contributed by atoms with Crippen LogP contribution in [0.3, 0.4) is 0 Å². The maximum atomic E-state index is 12.3. The van der Waals surface area contributed by atoms with E-state index in [9.17, 15) is 4.79 Å². The van der Waals surface area contributed by atoms with Crippen molar-refractivity contribution in [3.8, 4) is 0 Å². The standard InChI is InChI=1S/C13H18N4O.C13H19N3.C12H17N3.C12H16N2/c1-13(2,3)9-6-8-7-15-12(14-4)16-10(8)17(5)11(9)18;1-13(2,3)9-6-7-10-11(8-9)16(5)15-12(10)14-4;1-12(2,3)8-5-6-9-10(7-8)15(4)14-11(9)13;1-8-10-7-9(12(2,3)4)5-6-11(10)14-13-8/h6-7H,1-5H3,(H,14,15,16);6-8H,1-5H3,(H,14,15);5-7H,1-4H3,(H2,13,14);5-7H,1-4H3,(H,13,14). The molecule has 0 saturated carbocycles. The number of aromatic amines is 1. The number of pyridine rings is 1. The van der Waals surface area contributed by atoms with E-state index in [4.69, 9.17) is 5.73 Å². The second-order valence-electron chi connectivity index (χ2n) is 20.4. The van der Waals surface area contributed by atoms with Crippen LogP contribution >= 0.6 is 0 Å². The SMILES string of the molecule is CNc1ncc2cc(C(C)(C)C)c(=O)n(C)c2n1.CNc1nn(C)c2cc(C(C)(C)C)ccc12.Cc1[nH]nc2ccc(C(C)(C)C)cc12.Cn1nc(N)c2ccc(C(C)(C)C)cc21. The molecule has 0 aliphatic heterocycles. The normalized spacial score (nSPS) is 12.1. The summed E-state index contributed by atoms with van der Waals surface area (Å²) < 4.78 is 5.34. The van der Waals surface area contributed by atoms with Crippen molar-refractivity contribution in [2.24, 2.45) is 21.1 Å². The van der Waals surface area contributed by atoms with Crippen LogP contribution in [0, 0.1) is 6.92 Å². The summed E-state index contributed by atoms with van der Waals surface area (Å²) in [6.07, 6.45) is 1.74. The third-order valence-electron chi connectivity index (χ3n) is 11.3. The van der Waals surface area contributed by atoms with Crippen LogP contribution in [-0.4, -0.2) is 58.4 Å². The molecule has 0 aliphatic rings. The van der Waals surface area contributed by atoms with E-state index in [1.165, 1.54) is 33.0 Å². The van der Waals surface area contributed by atoms with Crippen molar-refractivity contribution in [1.82, 2.24) is 44.3 Å². The van der Waals surface area contributed by atoms with E-state index in [0.29, 0.717) is 17.4 Å². The molecular weight excluding hydrogens is 785 g/mol. The van der Waals surface area contributed by atoms with E-state index in [0.717, 1.165) is 38.9 Å².